The average Bonchev–Trinajstić information content (AvgIpc) is 2.56. The third-order valence-corrected chi connectivity index (χ3v) is 1.95. The molecule has 0 unspecified atom stereocenters. The third-order valence-electron chi connectivity index (χ3n) is 1.95. The molecule has 0 aliphatic heterocycles. The molecule has 0 bridgehead atoms. The quantitative estimate of drug-likeness (QED) is 0.546. The first-order valence-electron chi connectivity index (χ1n) is 4.59. The maximum Gasteiger partial charge on any atom is 0.307 e. The first-order valence-corrected chi connectivity index (χ1v) is 4.59. The van der Waals surface area contributed by atoms with Crippen molar-refractivity contribution in [2.45, 2.75) is 32.6 Å². The van der Waals surface area contributed by atoms with E-state index in [4.69, 9.17) is 5.11 Å². The van der Waals surface area contributed by atoms with Crippen LogP contribution in [0, 0.1) is 5.92 Å². The van der Waals surface area contributed by atoms with Gasteiger partial charge in [0.05, 0.1) is 12.2 Å². The Balaban J connectivity index is 0.000000255. The van der Waals surface area contributed by atoms with Gasteiger partial charge in [0, 0.05) is 6.92 Å². The highest BCUT2D eigenvalue weighted by Crippen LogP contribution is 2.24. The zero-order valence-electron chi connectivity index (χ0n) is 8.36. The molecule has 1 N–H and O–H groups in total. The molecule has 1 fully saturated rings. The molecule has 1 aliphatic rings. The van der Waals surface area contributed by atoms with E-state index < -0.39 is 5.97 Å². The van der Waals surface area contributed by atoms with Gasteiger partial charge >= 0.3 is 11.9 Å². The summed E-state index contributed by atoms with van der Waals surface area (Å²) in [6.45, 7) is 4.48. The van der Waals surface area contributed by atoms with Crippen molar-refractivity contribution in [3.8, 4) is 0 Å². The molecule has 1 aliphatic carbocycles. The Labute approximate surface area is 83.6 Å². The first-order chi connectivity index (χ1) is 6.57. The number of hydrogen-bond donors (Lipinski definition) is 1. The molecule has 0 atom stereocenters. The summed E-state index contributed by atoms with van der Waals surface area (Å²) in [6.07, 6.45) is 5.11. The van der Waals surface area contributed by atoms with Crippen LogP contribution < -0.4 is 0 Å². The number of esters is 1. The number of hydrogen-bond acceptors (Lipinski definition) is 3. The lowest BCUT2D eigenvalue weighted by atomic mass is 10.1. The second-order valence-corrected chi connectivity index (χ2v) is 3.10. The van der Waals surface area contributed by atoms with Crippen molar-refractivity contribution in [2.24, 2.45) is 5.92 Å². The van der Waals surface area contributed by atoms with Crippen molar-refractivity contribution < 1.29 is 19.4 Å². The van der Waals surface area contributed by atoms with E-state index in [0.29, 0.717) is 0 Å². The summed E-state index contributed by atoms with van der Waals surface area (Å²) >= 11 is 0. The zero-order valence-corrected chi connectivity index (χ0v) is 8.36. The largest absolute Gasteiger partial charge is 0.481 e. The van der Waals surface area contributed by atoms with Crippen molar-refractivity contribution in [2.75, 3.05) is 0 Å². The second-order valence-electron chi connectivity index (χ2n) is 3.10. The predicted molar refractivity (Wildman–Crippen MR) is 51.6 cm³/mol. The van der Waals surface area contributed by atoms with E-state index in [1.165, 1.54) is 6.92 Å². The molecule has 0 aromatic rings. The van der Waals surface area contributed by atoms with Crippen molar-refractivity contribution >= 4 is 11.9 Å². The number of ether oxygens (including phenoxy) is 1. The van der Waals surface area contributed by atoms with Crippen LogP contribution >= 0.6 is 0 Å². The topological polar surface area (TPSA) is 63.6 Å². The molecular weight excluding hydrogens is 184 g/mol. The fraction of sp³-hybridized carbons (Fsp3) is 0.600. The van der Waals surface area contributed by atoms with Crippen LogP contribution in [0.1, 0.15) is 32.6 Å². The van der Waals surface area contributed by atoms with E-state index in [0.717, 1.165) is 31.9 Å². The normalized spacial score (nSPS) is 15.2. The Morgan fingerprint density at radius 2 is 1.93 bits per heavy atom. The van der Waals surface area contributed by atoms with Crippen molar-refractivity contribution in [1.29, 1.82) is 0 Å². The van der Waals surface area contributed by atoms with Crippen LogP contribution in [-0.2, 0) is 14.3 Å². The number of carboxylic acids is 1. The molecule has 1 rings (SSSR count). The Bertz CT molecular complexity index is 204. The van der Waals surface area contributed by atoms with Gasteiger partial charge in [-0.05, 0) is 12.8 Å². The fourth-order valence-corrected chi connectivity index (χ4v) is 1.29. The van der Waals surface area contributed by atoms with E-state index in [1.807, 2.05) is 0 Å². The van der Waals surface area contributed by atoms with Crippen molar-refractivity contribution in [3.63, 3.8) is 0 Å². The molecule has 14 heavy (non-hydrogen) atoms. The fourth-order valence-electron chi connectivity index (χ4n) is 1.29. The molecule has 0 saturated heterocycles. The Hall–Kier alpha value is -1.32. The predicted octanol–water partition coefficient (Wildman–Crippen LogP) is 1.95. The average molecular weight is 200 g/mol. The Kier molecular flexibility index (Phi) is 6.45. The molecule has 0 radical (unpaired) electrons. The van der Waals surface area contributed by atoms with E-state index in [9.17, 15) is 9.59 Å². The molecule has 0 aromatic carbocycles. The summed E-state index contributed by atoms with van der Waals surface area (Å²) in [5, 5.41) is 8.41. The number of rotatable bonds is 2. The zero-order chi connectivity index (χ0) is 11.0. The standard InChI is InChI=1S/C6H10O2.C4H6O2/c7-6(8)5-3-1-2-4-5;1-3-6-4(2)5/h5H,1-4H2,(H,7,8);3H,1H2,2H3. The summed E-state index contributed by atoms with van der Waals surface area (Å²) in [7, 11) is 0. The highest BCUT2D eigenvalue weighted by molar-refractivity contribution is 5.70. The Morgan fingerprint density at radius 1 is 1.43 bits per heavy atom. The van der Waals surface area contributed by atoms with Gasteiger partial charge in [-0.25, -0.2) is 0 Å². The van der Waals surface area contributed by atoms with E-state index in [2.05, 4.69) is 11.3 Å². The molecule has 0 spiro atoms. The summed E-state index contributed by atoms with van der Waals surface area (Å²) in [5.41, 5.74) is 0. The molecule has 80 valence electrons. The summed E-state index contributed by atoms with van der Waals surface area (Å²) in [5.74, 6) is -0.956. The van der Waals surface area contributed by atoms with Crippen LogP contribution in [0.25, 0.3) is 0 Å². The maximum absolute atomic E-state index is 10.2. The van der Waals surface area contributed by atoms with Crippen LogP contribution in [0.3, 0.4) is 0 Å². The molecular formula is C10H16O4. The number of carbonyl (C=O) groups excluding carboxylic acids is 1. The van der Waals surface area contributed by atoms with Crippen LogP contribution in [0.2, 0.25) is 0 Å². The molecule has 0 heterocycles. The Morgan fingerprint density at radius 3 is 2.07 bits per heavy atom. The minimum Gasteiger partial charge on any atom is -0.481 e. The second kappa shape index (κ2) is 7.12. The molecule has 0 amide bonds. The smallest absolute Gasteiger partial charge is 0.307 e. The van der Waals surface area contributed by atoms with Gasteiger partial charge in [-0.15, -0.1) is 0 Å². The number of carboxylic acid groups (broad SMARTS) is 1. The maximum atomic E-state index is 10.2. The number of carbonyl (C=O) groups is 2. The van der Waals surface area contributed by atoms with Gasteiger partial charge in [-0.2, -0.15) is 0 Å². The van der Waals surface area contributed by atoms with E-state index in [-0.39, 0.29) is 11.9 Å². The van der Waals surface area contributed by atoms with Gasteiger partial charge < -0.3 is 9.84 Å². The minimum absolute atomic E-state index is 0.0185. The van der Waals surface area contributed by atoms with Gasteiger partial charge in [0.1, 0.15) is 0 Å². The monoisotopic (exact) mass is 200 g/mol. The lowest BCUT2D eigenvalue weighted by Gasteiger charge is -1.97. The highest BCUT2D eigenvalue weighted by Gasteiger charge is 2.20. The summed E-state index contributed by atoms with van der Waals surface area (Å²) in [4.78, 5) is 20.0. The van der Waals surface area contributed by atoms with Gasteiger partial charge in [0.2, 0.25) is 0 Å². The summed E-state index contributed by atoms with van der Waals surface area (Å²) in [6, 6.07) is 0. The van der Waals surface area contributed by atoms with Crippen LogP contribution in [0.5, 0.6) is 0 Å². The highest BCUT2D eigenvalue weighted by atomic mass is 16.5. The first kappa shape index (κ1) is 12.7. The van der Waals surface area contributed by atoms with Crippen LogP contribution in [0.4, 0.5) is 0 Å². The SMILES string of the molecule is C=COC(C)=O.O=C(O)C1CCCC1. The van der Waals surface area contributed by atoms with Gasteiger partial charge in [-0.3, -0.25) is 9.59 Å². The van der Waals surface area contributed by atoms with Crippen molar-refractivity contribution in [1.82, 2.24) is 0 Å². The molecule has 1 saturated carbocycles. The lowest BCUT2D eigenvalue weighted by Crippen LogP contribution is -2.07. The minimum atomic E-state index is -0.609. The van der Waals surface area contributed by atoms with Gasteiger partial charge in [0.25, 0.3) is 0 Å². The van der Waals surface area contributed by atoms with Gasteiger partial charge in [-0.1, -0.05) is 19.4 Å². The van der Waals surface area contributed by atoms with Crippen LogP contribution in [0.15, 0.2) is 12.8 Å². The third kappa shape index (κ3) is 6.22. The van der Waals surface area contributed by atoms with E-state index >= 15 is 0 Å². The molecule has 4 heteroatoms. The van der Waals surface area contributed by atoms with Crippen molar-refractivity contribution in [3.05, 3.63) is 12.8 Å². The van der Waals surface area contributed by atoms with Crippen LogP contribution in [-0.4, -0.2) is 17.0 Å². The summed E-state index contributed by atoms with van der Waals surface area (Å²) < 4.78 is 4.17. The number of aliphatic carboxylic acids is 1. The molecule has 0 aromatic heterocycles. The van der Waals surface area contributed by atoms with E-state index in [1.54, 1.807) is 0 Å². The molecule has 4 nitrogen and oxygen atoms in total. The lowest BCUT2D eigenvalue weighted by molar-refractivity contribution is -0.141. The van der Waals surface area contributed by atoms with Gasteiger partial charge in [0.15, 0.2) is 0 Å².